The molecular weight excluding hydrogens is 446 g/mol. The van der Waals surface area contributed by atoms with Crippen LogP contribution in [0.2, 0.25) is 5.02 Å². The second-order valence-electron chi connectivity index (χ2n) is 6.37. The van der Waals surface area contributed by atoms with Gasteiger partial charge in [-0.15, -0.1) is 0 Å². The highest BCUT2D eigenvalue weighted by molar-refractivity contribution is 8.04. The second kappa shape index (κ2) is 9.28. The third-order valence-electron chi connectivity index (χ3n) is 4.46. The van der Waals surface area contributed by atoms with Crippen molar-refractivity contribution < 1.29 is 21.6 Å². The molecule has 0 N–H and O–H groups in total. The Kier molecular flexibility index (Phi) is 6.95. The summed E-state index contributed by atoms with van der Waals surface area (Å²) in [5, 5.41) is 0.499. The molecule has 3 rings (SSSR count). The molecule has 9 heteroatoms. The predicted octanol–water partition coefficient (Wildman–Crippen LogP) is 4.11. The molecule has 0 spiro atoms. The van der Waals surface area contributed by atoms with Gasteiger partial charge in [0.25, 0.3) is 20.0 Å². The molecule has 0 heterocycles. The first-order valence-corrected chi connectivity index (χ1v) is 12.2. The quantitative estimate of drug-likeness (QED) is 0.500. The molecule has 3 aromatic carbocycles. The van der Waals surface area contributed by atoms with E-state index in [1.54, 1.807) is 36.4 Å². The fourth-order valence-electron chi connectivity index (χ4n) is 2.87. The van der Waals surface area contributed by atoms with E-state index in [9.17, 15) is 16.8 Å². The largest absolute Gasteiger partial charge is 0.375 e. The molecule has 3 aromatic rings. The summed E-state index contributed by atoms with van der Waals surface area (Å²) in [6.45, 7) is -0.438. The summed E-state index contributed by atoms with van der Waals surface area (Å²) < 4.78 is 59.4. The highest BCUT2D eigenvalue weighted by Gasteiger charge is 2.38. The van der Waals surface area contributed by atoms with Gasteiger partial charge in [-0.2, -0.15) is 0 Å². The number of halogens is 1. The van der Waals surface area contributed by atoms with E-state index >= 15 is 0 Å². The van der Waals surface area contributed by atoms with E-state index in [0.29, 0.717) is 14.3 Å². The standard InChI is InChI=1S/C21H20ClNO5S2/c1-28-21(17-12-14-18(22)15-13-17)16-23(29(24,25)19-8-4-2-5-9-19)30(26,27)20-10-6-3-7-11-20/h2-15,21H,16H2,1H3. The summed E-state index contributed by atoms with van der Waals surface area (Å²) in [6.07, 6.45) is -0.834. The first kappa shape index (κ1) is 22.5. The van der Waals surface area contributed by atoms with Crippen molar-refractivity contribution in [1.29, 1.82) is 0 Å². The second-order valence-corrected chi connectivity index (χ2v) is 10.8. The zero-order valence-corrected chi connectivity index (χ0v) is 18.4. The van der Waals surface area contributed by atoms with Crippen LogP contribution in [0.1, 0.15) is 11.7 Å². The summed E-state index contributed by atoms with van der Waals surface area (Å²) in [5.74, 6) is 0. The van der Waals surface area contributed by atoms with Gasteiger partial charge in [-0.1, -0.05) is 63.8 Å². The Bertz CT molecular complexity index is 1110. The normalized spacial score (nSPS) is 13.3. The summed E-state index contributed by atoms with van der Waals surface area (Å²) >= 11 is 5.93. The number of rotatable bonds is 8. The van der Waals surface area contributed by atoms with Gasteiger partial charge in [0.1, 0.15) is 0 Å². The molecule has 0 saturated heterocycles. The van der Waals surface area contributed by atoms with Crippen LogP contribution in [0.3, 0.4) is 0 Å². The molecule has 0 radical (unpaired) electrons. The number of ether oxygens (including phenoxy) is 1. The summed E-state index contributed by atoms with van der Waals surface area (Å²) in [6, 6.07) is 21.5. The lowest BCUT2D eigenvalue weighted by molar-refractivity contribution is 0.0962. The van der Waals surface area contributed by atoms with E-state index in [1.807, 2.05) is 0 Å². The number of sulfonamides is 2. The third kappa shape index (κ3) is 4.74. The Labute approximate surface area is 181 Å². The first-order chi connectivity index (χ1) is 14.3. The molecule has 30 heavy (non-hydrogen) atoms. The molecule has 0 saturated carbocycles. The maximum Gasteiger partial charge on any atom is 0.256 e. The molecule has 0 aromatic heterocycles. The van der Waals surface area contributed by atoms with Crippen molar-refractivity contribution in [3.63, 3.8) is 0 Å². The number of methoxy groups -OCH3 is 1. The molecule has 0 aliphatic rings. The Hall–Kier alpha value is -2.23. The van der Waals surface area contributed by atoms with Gasteiger partial charge >= 0.3 is 0 Å². The van der Waals surface area contributed by atoms with Gasteiger partial charge < -0.3 is 4.74 Å². The van der Waals surface area contributed by atoms with E-state index in [1.165, 1.54) is 55.6 Å². The monoisotopic (exact) mass is 465 g/mol. The van der Waals surface area contributed by atoms with Crippen LogP contribution in [0.25, 0.3) is 0 Å². The lowest BCUT2D eigenvalue weighted by atomic mass is 10.1. The van der Waals surface area contributed by atoms with Gasteiger partial charge in [0.15, 0.2) is 0 Å². The number of nitrogens with zero attached hydrogens (tertiary/aromatic N) is 1. The van der Waals surface area contributed by atoms with Gasteiger partial charge in [-0.25, -0.2) is 16.8 Å². The Morgan fingerprint density at radius 2 is 1.20 bits per heavy atom. The molecule has 0 aliphatic heterocycles. The van der Waals surface area contributed by atoms with Crippen LogP contribution in [0, 0.1) is 0 Å². The number of hydrogen-bond donors (Lipinski definition) is 0. The minimum atomic E-state index is -4.39. The van der Waals surface area contributed by atoms with Crippen LogP contribution in [0.4, 0.5) is 0 Å². The van der Waals surface area contributed by atoms with Crippen LogP contribution in [0.5, 0.6) is 0 Å². The minimum Gasteiger partial charge on any atom is -0.375 e. The van der Waals surface area contributed by atoms with E-state index in [-0.39, 0.29) is 9.79 Å². The molecule has 6 nitrogen and oxygen atoms in total. The molecule has 1 unspecified atom stereocenters. The summed E-state index contributed by atoms with van der Waals surface area (Å²) in [5.41, 5.74) is 0.596. The van der Waals surface area contributed by atoms with Crippen molar-refractivity contribution in [2.24, 2.45) is 0 Å². The first-order valence-electron chi connectivity index (χ1n) is 8.93. The number of benzene rings is 3. The topological polar surface area (TPSA) is 80.8 Å². The molecule has 0 amide bonds. The molecular formula is C21H20ClNO5S2. The SMILES string of the molecule is COC(CN(S(=O)(=O)c1ccccc1)S(=O)(=O)c1ccccc1)c1ccc(Cl)cc1. The van der Waals surface area contributed by atoms with Gasteiger partial charge in [-0.3, -0.25) is 0 Å². The predicted molar refractivity (Wildman–Crippen MR) is 115 cm³/mol. The Morgan fingerprint density at radius 1 is 0.767 bits per heavy atom. The molecule has 0 fully saturated rings. The van der Waals surface area contributed by atoms with Crippen molar-refractivity contribution in [3.8, 4) is 0 Å². The van der Waals surface area contributed by atoms with Crippen LogP contribution in [0.15, 0.2) is 94.7 Å². The number of hydrogen-bond acceptors (Lipinski definition) is 5. The Morgan fingerprint density at radius 3 is 1.60 bits per heavy atom. The third-order valence-corrected chi connectivity index (χ3v) is 9.00. The van der Waals surface area contributed by atoms with E-state index < -0.39 is 32.7 Å². The fraction of sp³-hybridized carbons (Fsp3) is 0.143. The van der Waals surface area contributed by atoms with Gasteiger partial charge in [-0.05, 0) is 42.0 Å². The molecule has 158 valence electrons. The van der Waals surface area contributed by atoms with Crippen molar-refractivity contribution in [2.45, 2.75) is 15.9 Å². The maximum absolute atomic E-state index is 13.4. The van der Waals surface area contributed by atoms with Crippen molar-refractivity contribution >= 4 is 31.6 Å². The zero-order chi connectivity index (χ0) is 21.8. The highest BCUT2D eigenvalue weighted by atomic mass is 35.5. The van der Waals surface area contributed by atoms with Gasteiger partial charge in [0, 0.05) is 12.1 Å². The maximum atomic E-state index is 13.4. The average molecular weight is 466 g/mol. The summed E-state index contributed by atoms with van der Waals surface area (Å²) in [4.78, 5) is -0.258. The van der Waals surface area contributed by atoms with E-state index in [2.05, 4.69) is 0 Å². The molecule has 1 atom stereocenters. The Balaban J connectivity index is 2.11. The van der Waals surface area contributed by atoms with Crippen LogP contribution in [-0.4, -0.2) is 34.2 Å². The van der Waals surface area contributed by atoms with Gasteiger partial charge in [0.2, 0.25) is 0 Å². The average Bonchev–Trinajstić information content (AvgIpc) is 2.76. The van der Waals surface area contributed by atoms with Crippen molar-refractivity contribution in [3.05, 3.63) is 95.5 Å². The smallest absolute Gasteiger partial charge is 0.256 e. The van der Waals surface area contributed by atoms with Crippen LogP contribution >= 0.6 is 11.6 Å². The van der Waals surface area contributed by atoms with Crippen molar-refractivity contribution in [2.75, 3.05) is 13.7 Å². The fourth-order valence-corrected chi connectivity index (χ4v) is 6.69. The lowest BCUT2D eigenvalue weighted by Crippen LogP contribution is -2.40. The molecule has 0 bridgehead atoms. The van der Waals surface area contributed by atoms with Gasteiger partial charge in [0.05, 0.1) is 22.4 Å². The summed E-state index contributed by atoms with van der Waals surface area (Å²) in [7, 11) is -7.39. The highest BCUT2D eigenvalue weighted by Crippen LogP contribution is 2.29. The minimum absolute atomic E-state index is 0.129. The molecule has 0 aliphatic carbocycles. The van der Waals surface area contributed by atoms with E-state index in [4.69, 9.17) is 16.3 Å². The van der Waals surface area contributed by atoms with E-state index in [0.717, 1.165) is 0 Å². The van der Waals surface area contributed by atoms with Crippen LogP contribution < -0.4 is 0 Å². The lowest BCUT2D eigenvalue weighted by Gasteiger charge is -2.26. The van der Waals surface area contributed by atoms with Crippen LogP contribution in [-0.2, 0) is 24.8 Å². The zero-order valence-electron chi connectivity index (χ0n) is 16.1. The van der Waals surface area contributed by atoms with Crippen molar-refractivity contribution in [1.82, 2.24) is 3.71 Å².